The number of benzene rings is 1. The second kappa shape index (κ2) is 3.88. The molecule has 1 aromatic carbocycles. The topological polar surface area (TPSA) is 43.1 Å². The van der Waals surface area contributed by atoms with Crippen LogP contribution in [-0.4, -0.2) is 4.92 Å². The molecule has 0 aliphatic heterocycles. The fourth-order valence-corrected chi connectivity index (χ4v) is 1.44. The molecule has 76 valence electrons. The smallest absolute Gasteiger partial charge is 0.258 e. The second-order valence-corrected chi connectivity index (χ2v) is 3.07. The van der Waals surface area contributed by atoms with E-state index in [1.165, 1.54) is 6.92 Å². The molecular formula is C8H6ClF2NO2. The van der Waals surface area contributed by atoms with Crippen molar-refractivity contribution >= 4 is 17.3 Å². The Hall–Kier alpha value is -1.23. The van der Waals surface area contributed by atoms with Gasteiger partial charge in [0.25, 0.3) is 12.1 Å². The van der Waals surface area contributed by atoms with Crippen LogP contribution in [0.2, 0.25) is 5.02 Å². The van der Waals surface area contributed by atoms with Crippen LogP contribution >= 0.6 is 11.6 Å². The lowest BCUT2D eigenvalue weighted by Gasteiger charge is -2.06. The second-order valence-electron chi connectivity index (χ2n) is 2.66. The third-order valence-corrected chi connectivity index (χ3v) is 2.18. The lowest BCUT2D eigenvalue weighted by Crippen LogP contribution is -1.97. The quantitative estimate of drug-likeness (QED) is 0.567. The Morgan fingerprint density at radius 1 is 1.50 bits per heavy atom. The van der Waals surface area contributed by atoms with Crippen LogP contribution in [0.1, 0.15) is 17.6 Å². The Balaban J connectivity index is 3.41. The van der Waals surface area contributed by atoms with E-state index in [1.807, 2.05) is 0 Å². The molecule has 6 heteroatoms. The highest BCUT2D eigenvalue weighted by Gasteiger charge is 2.22. The number of rotatable bonds is 2. The fraction of sp³-hybridized carbons (Fsp3) is 0.250. The first kappa shape index (κ1) is 10.8. The molecule has 14 heavy (non-hydrogen) atoms. The van der Waals surface area contributed by atoms with Gasteiger partial charge in [-0.1, -0.05) is 11.6 Å². The van der Waals surface area contributed by atoms with Crippen LogP contribution in [-0.2, 0) is 0 Å². The molecule has 0 atom stereocenters. The van der Waals surface area contributed by atoms with Gasteiger partial charge >= 0.3 is 0 Å². The van der Waals surface area contributed by atoms with Crippen LogP contribution in [0, 0.1) is 17.0 Å². The number of alkyl halides is 2. The van der Waals surface area contributed by atoms with E-state index in [4.69, 9.17) is 11.6 Å². The molecule has 0 aliphatic carbocycles. The minimum Gasteiger partial charge on any atom is -0.258 e. The van der Waals surface area contributed by atoms with Gasteiger partial charge in [0, 0.05) is 17.2 Å². The van der Waals surface area contributed by atoms with Crippen LogP contribution in [0.5, 0.6) is 0 Å². The van der Waals surface area contributed by atoms with Crippen LogP contribution in [0.25, 0.3) is 0 Å². The van der Waals surface area contributed by atoms with E-state index in [9.17, 15) is 18.9 Å². The van der Waals surface area contributed by atoms with Gasteiger partial charge in [-0.3, -0.25) is 10.1 Å². The van der Waals surface area contributed by atoms with Gasteiger partial charge in [0.05, 0.1) is 9.95 Å². The molecule has 0 spiro atoms. The summed E-state index contributed by atoms with van der Waals surface area (Å²) >= 11 is 5.50. The van der Waals surface area contributed by atoms with E-state index in [2.05, 4.69) is 0 Å². The largest absolute Gasteiger partial charge is 0.272 e. The number of nitrogens with zero attached hydrogens (tertiary/aromatic N) is 1. The number of halogens is 3. The molecule has 1 aromatic rings. The normalized spacial score (nSPS) is 10.6. The van der Waals surface area contributed by atoms with Gasteiger partial charge in [0.1, 0.15) is 0 Å². The third kappa shape index (κ3) is 1.82. The zero-order valence-electron chi connectivity index (χ0n) is 7.13. The summed E-state index contributed by atoms with van der Waals surface area (Å²) in [4.78, 5) is 9.71. The maximum atomic E-state index is 12.4. The van der Waals surface area contributed by atoms with E-state index < -0.39 is 16.9 Å². The van der Waals surface area contributed by atoms with Crippen molar-refractivity contribution in [1.82, 2.24) is 0 Å². The molecule has 0 aliphatic rings. The van der Waals surface area contributed by atoms with Crippen molar-refractivity contribution in [2.75, 3.05) is 0 Å². The van der Waals surface area contributed by atoms with E-state index in [1.54, 1.807) is 0 Å². The van der Waals surface area contributed by atoms with Crippen LogP contribution in [0.15, 0.2) is 12.1 Å². The number of hydrogen-bond donors (Lipinski definition) is 0. The van der Waals surface area contributed by atoms with Crippen molar-refractivity contribution in [3.05, 3.63) is 38.4 Å². The Morgan fingerprint density at radius 3 is 2.50 bits per heavy atom. The molecule has 0 saturated carbocycles. The zero-order valence-corrected chi connectivity index (χ0v) is 7.89. The van der Waals surface area contributed by atoms with Crippen molar-refractivity contribution in [3.63, 3.8) is 0 Å². The first-order chi connectivity index (χ1) is 6.45. The maximum Gasteiger partial charge on any atom is 0.272 e. The lowest BCUT2D eigenvalue weighted by atomic mass is 10.1. The molecule has 3 nitrogen and oxygen atoms in total. The molecule has 0 bridgehead atoms. The number of nitro benzene ring substituents is 1. The van der Waals surface area contributed by atoms with Crippen molar-refractivity contribution in [3.8, 4) is 0 Å². The summed E-state index contributed by atoms with van der Waals surface area (Å²) in [5.41, 5.74) is -0.900. The minimum atomic E-state index is -2.80. The highest BCUT2D eigenvalue weighted by molar-refractivity contribution is 6.31. The number of nitro groups is 1. The third-order valence-electron chi connectivity index (χ3n) is 1.85. The summed E-state index contributed by atoms with van der Waals surface area (Å²) < 4.78 is 24.9. The summed E-state index contributed by atoms with van der Waals surface area (Å²) in [6, 6.07) is 2.22. The van der Waals surface area contributed by atoms with Crippen molar-refractivity contribution in [1.29, 1.82) is 0 Å². The maximum absolute atomic E-state index is 12.4. The molecule has 0 unspecified atom stereocenters. The molecule has 0 fully saturated rings. The SMILES string of the molecule is Cc1c([N+](=O)[O-])ccc(Cl)c1C(F)F. The van der Waals surface area contributed by atoms with E-state index in [0.29, 0.717) is 0 Å². The van der Waals surface area contributed by atoms with Crippen LogP contribution in [0.4, 0.5) is 14.5 Å². The number of hydrogen-bond acceptors (Lipinski definition) is 2. The van der Waals surface area contributed by atoms with E-state index in [-0.39, 0.29) is 16.3 Å². The average molecular weight is 222 g/mol. The average Bonchev–Trinajstić information content (AvgIpc) is 2.02. The predicted molar refractivity (Wildman–Crippen MR) is 47.8 cm³/mol. The van der Waals surface area contributed by atoms with Gasteiger partial charge in [0.2, 0.25) is 0 Å². The molecule has 0 heterocycles. The van der Waals surface area contributed by atoms with Crippen LogP contribution in [0.3, 0.4) is 0 Å². The van der Waals surface area contributed by atoms with Gasteiger partial charge in [-0.25, -0.2) is 8.78 Å². The Kier molecular flexibility index (Phi) is 3.00. The summed E-state index contributed by atoms with van der Waals surface area (Å²) in [5, 5.41) is 10.3. The van der Waals surface area contributed by atoms with Crippen molar-refractivity contribution in [2.45, 2.75) is 13.3 Å². The van der Waals surface area contributed by atoms with Crippen molar-refractivity contribution in [2.24, 2.45) is 0 Å². The van der Waals surface area contributed by atoms with Gasteiger partial charge in [-0.2, -0.15) is 0 Å². The summed E-state index contributed by atoms with van der Waals surface area (Å²) in [5.74, 6) is 0. The van der Waals surface area contributed by atoms with Gasteiger partial charge in [-0.15, -0.1) is 0 Å². The van der Waals surface area contributed by atoms with Crippen LogP contribution < -0.4 is 0 Å². The van der Waals surface area contributed by atoms with Gasteiger partial charge in [0.15, 0.2) is 0 Å². The predicted octanol–water partition coefficient (Wildman–Crippen LogP) is 3.49. The highest BCUT2D eigenvalue weighted by Crippen LogP contribution is 2.34. The van der Waals surface area contributed by atoms with E-state index >= 15 is 0 Å². The molecule has 0 saturated heterocycles. The fourth-order valence-electron chi connectivity index (χ4n) is 1.15. The molecule has 0 amide bonds. The van der Waals surface area contributed by atoms with Gasteiger partial charge < -0.3 is 0 Å². The summed E-state index contributed by atoms with van der Waals surface area (Å²) in [6.07, 6.45) is -2.80. The minimum absolute atomic E-state index is 0.0856. The Bertz CT molecular complexity index is 382. The monoisotopic (exact) mass is 221 g/mol. The molecule has 0 aromatic heterocycles. The standard InChI is InChI=1S/C8H6ClF2NO2/c1-4-6(12(13)14)3-2-5(9)7(4)8(10)11/h2-3,8H,1H3. The lowest BCUT2D eigenvalue weighted by molar-refractivity contribution is -0.385. The van der Waals surface area contributed by atoms with E-state index in [0.717, 1.165) is 12.1 Å². The molecule has 0 N–H and O–H groups in total. The molecule has 1 rings (SSSR count). The summed E-state index contributed by atoms with van der Waals surface area (Å²) in [6.45, 7) is 1.26. The Morgan fingerprint density at radius 2 is 2.07 bits per heavy atom. The van der Waals surface area contributed by atoms with Gasteiger partial charge in [-0.05, 0) is 13.0 Å². The molecule has 0 radical (unpaired) electrons. The first-order valence-electron chi connectivity index (χ1n) is 3.66. The van der Waals surface area contributed by atoms with Crippen molar-refractivity contribution < 1.29 is 13.7 Å². The molecular weight excluding hydrogens is 216 g/mol. The zero-order chi connectivity index (χ0) is 10.9. The first-order valence-corrected chi connectivity index (χ1v) is 4.04. The highest BCUT2D eigenvalue weighted by atomic mass is 35.5. The summed E-state index contributed by atoms with van der Waals surface area (Å²) in [7, 11) is 0. The Labute approximate surface area is 83.4 Å².